The second-order valence-corrected chi connectivity index (χ2v) is 5.69. The van der Waals surface area contributed by atoms with Crippen molar-refractivity contribution in [2.75, 3.05) is 0 Å². The minimum absolute atomic E-state index is 0.774. The molecule has 1 heteroatoms. The maximum absolute atomic E-state index is 3.90. The highest BCUT2D eigenvalue weighted by atomic mass is 14.9. The highest BCUT2D eigenvalue weighted by Crippen LogP contribution is 2.28. The second kappa shape index (κ2) is 5.89. The molecule has 0 amide bonds. The SMILES string of the molecule is C[C@H](NC1CCCCCC1)C1CCCC1. The molecule has 2 rings (SSSR count). The first-order valence-corrected chi connectivity index (χ1v) is 7.12. The van der Waals surface area contributed by atoms with E-state index in [-0.39, 0.29) is 0 Å². The third-order valence-electron chi connectivity index (χ3n) is 4.46. The lowest BCUT2D eigenvalue weighted by molar-refractivity contribution is 0.324. The average molecular weight is 209 g/mol. The fraction of sp³-hybridized carbons (Fsp3) is 1.00. The third-order valence-corrected chi connectivity index (χ3v) is 4.46. The Hall–Kier alpha value is -0.0400. The average Bonchev–Trinajstić information content (AvgIpc) is 2.65. The molecule has 0 aromatic heterocycles. The van der Waals surface area contributed by atoms with Crippen molar-refractivity contribution < 1.29 is 0 Å². The number of hydrogen-bond acceptors (Lipinski definition) is 1. The van der Waals surface area contributed by atoms with Gasteiger partial charge in [-0.1, -0.05) is 38.5 Å². The van der Waals surface area contributed by atoms with Gasteiger partial charge in [0.2, 0.25) is 0 Å². The van der Waals surface area contributed by atoms with Crippen molar-refractivity contribution in [2.45, 2.75) is 83.2 Å². The number of hydrogen-bond donors (Lipinski definition) is 1. The minimum Gasteiger partial charge on any atom is -0.311 e. The van der Waals surface area contributed by atoms with E-state index in [1.807, 2.05) is 0 Å². The van der Waals surface area contributed by atoms with Gasteiger partial charge in [-0.25, -0.2) is 0 Å². The Kier molecular flexibility index (Phi) is 4.49. The monoisotopic (exact) mass is 209 g/mol. The van der Waals surface area contributed by atoms with Crippen LogP contribution in [-0.4, -0.2) is 12.1 Å². The summed E-state index contributed by atoms with van der Waals surface area (Å²) in [6, 6.07) is 1.61. The summed E-state index contributed by atoms with van der Waals surface area (Å²) in [6.45, 7) is 2.42. The van der Waals surface area contributed by atoms with Gasteiger partial charge < -0.3 is 5.32 Å². The van der Waals surface area contributed by atoms with Crippen LogP contribution in [0.5, 0.6) is 0 Å². The Morgan fingerprint density at radius 3 is 1.93 bits per heavy atom. The standard InChI is InChI=1S/C14H27N/c1-12(13-8-6-7-9-13)15-14-10-4-2-3-5-11-14/h12-15H,2-11H2,1H3/t12-/m0/s1. The molecule has 0 unspecified atom stereocenters. The first kappa shape index (κ1) is 11.4. The van der Waals surface area contributed by atoms with Gasteiger partial charge in [0.1, 0.15) is 0 Å². The van der Waals surface area contributed by atoms with Gasteiger partial charge in [-0.3, -0.25) is 0 Å². The van der Waals surface area contributed by atoms with Gasteiger partial charge in [0.25, 0.3) is 0 Å². The molecule has 0 radical (unpaired) electrons. The lowest BCUT2D eigenvalue weighted by Crippen LogP contribution is -2.40. The third kappa shape index (κ3) is 3.48. The summed E-state index contributed by atoms with van der Waals surface area (Å²) in [5.41, 5.74) is 0. The lowest BCUT2D eigenvalue weighted by Gasteiger charge is -2.26. The van der Waals surface area contributed by atoms with E-state index in [2.05, 4.69) is 12.2 Å². The summed E-state index contributed by atoms with van der Waals surface area (Å²) < 4.78 is 0. The smallest absolute Gasteiger partial charge is 0.00696 e. The summed E-state index contributed by atoms with van der Waals surface area (Å²) in [7, 11) is 0. The molecular weight excluding hydrogens is 182 g/mol. The van der Waals surface area contributed by atoms with Crippen LogP contribution in [0.3, 0.4) is 0 Å². The molecule has 2 saturated carbocycles. The van der Waals surface area contributed by atoms with Crippen LogP contribution < -0.4 is 5.32 Å². The first-order valence-electron chi connectivity index (χ1n) is 7.12. The van der Waals surface area contributed by atoms with E-state index in [0.717, 1.165) is 18.0 Å². The predicted octanol–water partition coefficient (Wildman–Crippen LogP) is 3.88. The molecule has 0 heterocycles. The van der Waals surface area contributed by atoms with Gasteiger partial charge in [-0.05, 0) is 38.5 Å². The topological polar surface area (TPSA) is 12.0 Å². The van der Waals surface area contributed by atoms with Gasteiger partial charge in [-0.2, -0.15) is 0 Å². The largest absolute Gasteiger partial charge is 0.311 e. The van der Waals surface area contributed by atoms with Crippen molar-refractivity contribution in [2.24, 2.45) is 5.92 Å². The van der Waals surface area contributed by atoms with E-state index >= 15 is 0 Å². The van der Waals surface area contributed by atoms with Gasteiger partial charge in [0, 0.05) is 12.1 Å². The zero-order valence-electron chi connectivity index (χ0n) is 10.3. The van der Waals surface area contributed by atoms with Crippen LogP contribution in [0.4, 0.5) is 0 Å². The zero-order chi connectivity index (χ0) is 10.5. The van der Waals surface area contributed by atoms with Gasteiger partial charge >= 0.3 is 0 Å². The van der Waals surface area contributed by atoms with Crippen molar-refractivity contribution >= 4 is 0 Å². The molecule has 0 aromatic carbocycles. The van der Waals surface area contributed by atoms with Crippen LogP contribution in [0.1, 0.15) is 71.1 Å². The van der Waals surface area contributed by atoms with Crippen molar-refractivity contribution in [3.05, 3.63) is 0 Å². The molecule has 0 saturated heterocycles. The summed E-state index contributed by atoms with van der Waals surface area (Å²) in [4.78, 5) is 0. The van der Waals surface area contributed by atoms with Gasteiger partial charge in [0.05, 0.1) is 0 Å². The molecule has 0 spiro atoms. The van der Waals surface area contributed by atoms with E-state index < -0.39 is 0 Å². The van der Waals surface area contributed by atoms with E-state index in [1.165, 1.54) is 64.2 Å². The van der Waals surface area contributed by atoms with Crippen molar-refractivity contribution in [1.82, 2.24) is 5.32 Å². The minimum atomic E-state index is 0.774. The summed E-state index contributed by atoms with van der Waals surface area (Å²) in [6.07, 6.45) is 14.6. The highest BCUT2D eigenvalue weighted by molar-refractivity contribution is 4.81. The van der Waals surface area contributed by atoms with Crippen molar-refractivity contribution in [3.63, 3.8) is 0 Å². The molecule has 1 atom stereocenters. The van der Waals surface area contributed by atoms with E-state index in [1.54, 1.807) is 0 Å². The summed E-state index contributed by atoms with van der Waals surface area (Å²) in [5.74, 6) is 0.980. The maximum Gasteiger partial charge on any atom is 0.00696 e. The number of rotatable bonds is 3. The fourth-order valence-electron chi connectivity index (χ4n) is 3.41. The molecule has 88 valence electrons. The van der Waals surface area contributed by atoms with Crippen molar-refractivity contribution in [3.8, 4) is 0 Å². The van der Waals surface area contributed by atoms with E-state index in [4.69, 9.17) is 0 Å². The van der Waals surface area contributed by atoms with Crippen LogP contribution >= 0.6 is 0 Å². The molecular formula is C14H27N. The second-order valence-electron chi connectivity index (χ2n) is 5.69. The molecule has 2 aliphatic rings. The summed E-state index contributed by atoms with van der Waals surface area (Å²) >= 11 is 0. The fourth-order valence-corrected chi connectivity index (χ4v) is 3.41. The molecule has 1 N–H and O–H groups in total. The Bertz CT molecular complexity index is 164. The molecule has 0 aliphatic heterocycles. The highest BCUT2D eigenvalue weighted by Gasteiger charge is 2.23. The van der Waals surface area contributed by atoms with Crippen LogP contribution in [0.2, 0.25) is 0 Å². The molecule has 2 aliphatic carbocycles. The van der Waals surface area contributed by atoms with E-state index in [0.29, 0.717) is 0 Å². The van der Waals surface area contributed by atoms with Crippen LogP contribution in [0.15, 0.2) is 0 Å². The molecule has 0 aromatic rings. The quantitative estimate of drug-likeness (QED) is 0.696. The predicted molar refractivity (Wildman–Crippen MR) is 66.0 cm³/mol. The Morgan fingerprint density at radius 2 is 1.33 bits per heavy atom. The summed E-state index contributed by atoms with van der Waals surface area (Å²) in [5, 5.41) is 3.90. The normalized spacial score (nSPS) is 27.8. The molecule has 0 bridgehead atoms. The maximum atomic E-state index is 3.90. The Morgan fingerprint density at radius 1 is 0.800 bits per heavy atom. The van der Waals surface area contributed by atoms with E-state index in [9.17, 15) is 0 Å². The Balaban J connectivity index is 1.73. The van der Waals surface area contributed by atoms with Crippen molar-refractivity contribution in [1.29, 1.82) is 0 Å². The van der Waals surface area contributed by atoms with Gasteiger partial charge in [0.15, 0.2) is 0 Å². The molecule has 1 nitrogen and oxygen atoms in total. The molecule has 15 heavy (non-hydrogen) atoms. The number of nitrogens with one attached hydrogen (secondary N) is 1. The Labute approximate surface area is 95.0 Å². The van der Waals surface area contributed by atoms with Crippen LogP contribution in [0, 0.1) is 5.92 Å². The lowest BCUT2D eigenvalue weighted by atomic mass is 9.97. The van der Waals surface area contributed by atoms with Gasteiger partial charge in [-0.15, -0.1) is 0 Å². The zero-order valence-corrected chi connectivity index (χ0v) is 10.3. The molecule has 2 fully saturated rings. The van der Waals surface area contributed by atoms with Crippen LogP contribution in [0.25, 0.3) is 0 Å². The van der Waals surface area contributed by atoms with Crippen LogP contribution in [-0.2, 0) is 0 Å². The first-order chi connectivity index (χ1) is 7.36.